The lowest BCUT2D eigenvalue weighted by molar-refractivity contribution is -0.120. The van der Waals surface area contributed by atoms with E-state index in [1.54, 1.807) is 6.92 Å². The minimum absolute atomic E-state index is 0.0142. The van der Waals surface area contributed by atoms with E-state index in [4.69, 9.17) is 0 Å². The molecule has 1 aliphatic heterocycles. The molecule has 2 aromatic rings. The van der Waals surface area contributed by atoms with E-state index >= 15 is 0 Å². The quantitative estimate of drug-likeness (QED) is 0.816. The van der Waals surface area contributed by atoms with Crippen LogP contribution in [0.3, 0.4) is 0 Å². The van der Waals surface area contributed by atoms with Crippen molar-refractivity contribution in [3.05, 3.63) is 23.8 Å². The Labute approximate surface area is 139 Å². The topological polar surface area (TPSA) is 91.9 Å². The second-order valence-electron chi connectivity index (χ2n) is 6.30. The molecule has 124 valence electrons. The molecule has 0 aliphatic carbocycles. The summed E-state index contributed by atoms with van der Waals surface area (Å²) in [7, 11) is -3.03. The lowest BCUT2D eigenvalue weighted by Crippen LogP contribution is -2.47. The third-order valence-corrected chi connectivity index (χ3v) is 6.68. The Bertz CT molecular complexity index is 860. The number of aromatic nitrogens is 2. The van der Waals surface area contributed by atoms with Gasteiger partial charge < -0.3 is 10.3 Å². The zero-order valence-corrected chi connectivity index (χ0v) is 14.7. The van der Waals surface area contributed by atoms with E-state index < -0.39 is 15.4 Å². The Morgan fingerprint density at radius 1 is 1.48 bits per heavy atom. The molecular weight excluding hydrogens is 334 g/mol. The van der Waals surface area contributed by atoms with Gasteiger partial charge in [-0.3, -0.25) is 4.79 Å². The van der Waals surface area contributed by atoms with Crippen molar-refractivity contribution in [2.24, 2.45) is 0 Å². The Balaban J connectivity index is 1.60. The zero-order valence-electron chi connectivity index (χ0n) is 13.0. The summed E-state index contributed by atoms with van der Waals surface area (Å²) in [4.78, 5) is 19.7. The number of benzene rings is 1. The second kappa shape index (κ2) is 5.83. The third kappa shape index (κ3) is 3.87. The highest BCUT2D eigenvalue weighted by atomic mass is 32.2. The van der Waals surface area contributed by atoms with Crippen LogP contribution in [0.25, 0.3) is 11.0 Å². The minimum atomic E-state index is -3.03. The van der Waals surface area contributed by atoms with Crippen LogP contribution < -0.4 is 5.32 Å². The first-order valence-corrected chi connectivity index (χ1v) is 10.2. The third-order valence-electron chi connectivity index (χ3n) is 3.90. The van der Waals surface area contributed by atoms with Crippen LogP contribution in [0.2, 0.25) is 0 Å². The Morgan fingerprint density at radius 2 is 2.26 bits per heavy atom. The fraction of sp³-hybridized carbons (Fsp3) is 0.467. The van der Waals surface area contributed by atoms with E-state index in [1.165, 1.54) is 11.8 Å². The number of aromatic amines is 1. The molecule has 0 radical (unpaired) electrons. The predicted molar refractivity (Wildman–Crippen MR) is 91.4 cm³/mol. The molecule has 6 nitrogen and oxygen atoms in total. The monoisotopic (exact) mass is 353 g/mol. The molecule has 1 aliphatic rings. The van der Waals surface area contributed by atoms with Crippen LogP contribution in [0.15, 0.2) is 23.4 Å². The molecule has 0 bridgehead atoms. The van der Waals surface area contributed by atoms with Crippen molar-refractivity contribution in [2.45, 2.75) is 31.0 Å². The average Bonchev–Trinajstić information content (AvgIpc) is 2.96. The number of carbonyl (C=O) groups excluding carboxylic acids is 1. The van der Waals surface area contributed by atoms with Gasteiger partial charge >= 0.3 is 0 Å². The largest absolute Gasteiger partial charge is 0.349 e. The fourth-order valence-corrected chi connectivity index (χ4v) is 5.56. The average molecular weight is 353 g/mol. The van der Waals surface area contributed by atoms with E-state index in [1.807, 2.05) is 25.1 Å². The first-order valence-electron chi connectivity index (χ1n) is 7.35. The van der Waals surface area contributed by atoms with Crippen LogP contribution in [0.4, 0.5) is 0 Å². The summed E-state index contributed by atoms with van der Waals surface area (Å²) >= 11 is 1.31. The number of aryl methyl sites for hydroxylation is 1. The molecule has 2 N–H and O–H groups in total. The number of nitrogens with zero attached hydrogens (tertiary/aromatic N) is 1. The maximum absolute atomic E-state index is 12.1. The van der Waals surface area contributed by atoms with Gasteiger partial charge in [0.1, 0.15) is 0 Å². The van der Waals surface area contributed by atoms with Gasteiger partial charge in [0.15, 0.2) is 15.0 Å². The highest BCUT2D eigenvalue weighted by molar-refractivity contribution is 7.99. The first kappa shape index (κ1) is 16.3. The van der Waals surface area contributed by atoms with Crippen LogP contribution in [-0.4, -0.2) is 47.1 Å². The van der Waals surface area contributed by atoms with Crippen LogP contribution >= 0.6 is 11.8 Å². The molecule has 1 aromatic carbocycles. The smallest absolute Gasteiger partial charge is 0.230 e. The molecule has 23 heavy (non-hydrogen) atoms. The van der Waals surface area contributed by atoms with E-state index in [0.717, 1.165) is 16.6 Å². The fourth-order valence-electron chi connectivity index (χ4n) is 2.78. The highest BCUT2D eigenvalue weighted by Crippen LogP contribution is 2.24. The summed E-state index contributed by atoms with van der Waals surface area (Å²) < 4.78 is 23.1. The molecule has 1 saturated heterocycles. The van der Waals surface area contributed by atoms with Crippen LogP contribution in [0.5, 0.6) is 0 Å². The maximum Gasteiger partial charge on any atom is 0.230 e. The van der Waals surface area contributed by atoms with Crippen molar-refractivity contribution in [1.82, 2.24) is 15.3 Å². The van der Waals surface area contributed by atoms with Crippen molar-refractivity contribution in [3.63, 3.8) is 0 Å². The summed E-state index contributed by atoms with van der Waals surface area (Å²) in [6.45, 7) is 3.79. The van der Waals surface area contributed by atoms with Crippen LogP contribution in [-0.2, 0) is 14.6 Å². The van der Waals surface area contributed by atoms with Crippen molar-refractivity contribution in [3.8, 4) is 0 Å². The number of hydrogen-bond acceptors (Lipinski definition) is 5. The highest BCUT2D eigenvalue weighted by Gasteiger charge is 2.39. The van der Waals surface area contributed by atoms with E-state index in [0.29, 0.717) is 11.6 Å². The summed E-state index contributed by atoms with van der Waals surface area (Å²) in [5.41, 5.74) is 2.31. The van der Waals surface area contributed by atoms with Gasteiger partial charge in [0, 0.05) is 0 Å². The van der Waals surface area contributed by atoms with E-state index in [-0.39, 0.29) is 23.2 Å². The molecule has 0 saturated carbocycles. The number of carbonyl (C=O) groups is 1. The molecule has 3 rings (SSSR count). The lowest BCUT2D eigenvalue weighted by Gasteiger charge is -2.23. The standard InChI is InChI=1S/C15H19N3O3S2/c1-10-3-4-11-12(7-10)17-14(16-11)22-8-13(19)18-15(2)5-6-23(20,21)9-15/h3-4,7H,5-6,8-9H2,1-2H3,(H,16,17)(H,18,19). The molecule has 8 heteroatoms. The molecule has 1 aromatic heterocycles. The number of sulfone groups is 1. The van der Waals surface area contributed by atoms with E-state index in [9.17, 15) is 13.2 Å². The van der Waals surface area contributed by atoms with Gasteiger partial charge in [-0.15, -0.1) is 0 Å². The van der Waals surface area contributed by atoms with Gasteiger partial charge in [0.05, 0.1) is 33.8 Å². The Morgan fingerprint density at radius 3 is 2.96 bits per heavy atom. The summed E-state index contributed by atoms with van der Waals surface area (Å²) in [5.74, 6) is 0.181. The number of imidazole rings is 1. The number of nitrogens with one attached hydrogen (secondary N) is 2. The van der Waals surface area contributed by atoms with E-state index in [2.05, 4.69) is 15.3 Å². The summed E-state index contributed by atoms with van der Waals surface area (Å²) in [6.07, 6.45) is 0.468. The summed E-state index contributed by atoms with van der Waals surface area (Å²) in [5, 5.41) is 3.53. The summed E-state index contributed by atoms with van der Waals surface area (Å²) in [6, 6.07) is 5.94. The van der Waals surface area contributed by atoms with Crippen molar-refractivity contribution in [1.29, 1.82) is 0 Å². The van der Waals surface area contributed by atoms with Gasteiger partial charge in [0.2, 0.25) is 5.91 Å². The minimum Gasteiger partial charge on any atom is -0.349 e. The van der Waals surface area contributed by atoms with Gasteiger partial charge in [-0.05, 0) is 38.0 Å². The van der Waals surface area contributed by atoms with Gasteiger partial charge in [-0.25, -0.2) is 13.4 Å². The number of H-pyrrole nitrogens is 1. The molecular formula is C15H19N3O3S2. The predicted octanol–water partition coefficient (Wildman–Crippen LogP) is 1.66. The normalized spacial score (nSPS) is 23.2. The molecule has 0 spiro atoms. The van der Waals surface area contributed by atoms with Gasteiger partial charge in [-0.1, -0.05) is 17.8 Å². The van der Waals surface area contributed by atoms with Crippen molar-refractivity contribution in [2.75, 3.05) is 17.3 Å². The first-order chi connectivity index (χ1) is 10.7. The van der Waals surface area contributed by atoms with Gasteiger partial charge in [-0.2, -0.15) is 0 Å². The molecule has 1 atom stereocenters. The second-order valence-corrected chi connectivity index (χ2v) is 9.45. The Hall–Kier alpha value is -1.54. The molecule has 1 fully saturated rings. The number of fused-ring (bicyclic) bond motifs is 1. The Kier molecular flexibility index (Phi) is 4.14. The number of rotatable bonds is 4. The van der Waals surface area contributed by atoms with Crippen LogP contribution in [0.1, 0.15) is 18.9 Å². The molecule has 1 unspecified atom stereocenters. The number of thioether (sulfide) groups is 1. The van der Waals surface area contributed by atoms with Crippen LogP contribution in [0, 0.1) is 6.92 Å². The molecule has 2 heterocycles. The zero-order chi connectivity index (χ0) is 16.7. The molecule has 1 amide bonds. The SMILES string of the molecule is Cc1ccc2nc(SCC(=O)NC3(C)CCS(=O)(=O)C3)[nH]c2c1. The lowest BCUT2D eigenvalue weighted by atomic mass is 10.0. The number of amides is 1. The number of hydrogen-bond donors (Lipinski definition) is 2. The van der Waals surface area contributed by atoms with Gasteiger partial charge in [0.25, 0.3) is 0 Å². The maximum atomic E-state index is 12.1. The van der Waals surface area contributed by atoms with Crippen molar-refractivity contribution >= 4 is 38.5 Å². The van der Waals surface area contributed by atoms with Crippen molar-refractivity contribution < 1.29 is 13.2 Å².